The van der Waals surface area contributed by atoms with Gasteiger partial charge in [-0.15, -0.1) is 0 Å². The molecule has 0 saturated carbocycles. The lowest BCUT2D eigenvalue weighted by Crippen LogP contribution is -2.30. The van der Waals surface area contributed by atoms with E-state index in [-0.39, 0.29) is 5.82 Å². The van der Waals surface area contributed by atoms with Gasteiger partial charge in [0.15, 0.2) is 0 Å². The summed E-state index contributed by atoms with van der Waals surface area (Å²) < 4.78 is 12.9. The van der Waals surface area contributed by atoms with E-state index < -0.39 is 12.0 Å². The van der Waals surface area contributed by atoms with Gasteiger partial charge >= 0.3 is 5.97 Å². The number of halogens is 2. The van der Waals surface area contributed by atoms with Crippen molar-refractivity contribution in [1.82, 2.24) is 0 Å². The maximum Gasteiger partial charge on any atom is 0.320 e. The molecule has 0 aromatic heterocycles. The average Bonchev–Trinajstić information content (AvgIpc) is 2.28. The van der Waals surface area contributed by atoms with Gasteiger partial charge in [0, 0.05) is 10.8 Å². The van der Waals surface area contributed by atoms with Crippen molar-refractivity contribution in [1.29, 1.82) is 0 Å². The second-order valence-corrected chi connectivity index (χ2v) is 5.03. The van der Waals surface area contributed by atoms with Crippen LogP contribution in [0.15, 0.2) is 18.2 Å². The second kappa shape index (κ2) is 6.83. The first kappa shape index (κ1) is 14.3. The van der Waals surface area contributed by atoms with Crippen molar-refractivity contribution in [2.24, 2.45) is 5.73 Å². The molecule has 1 aromatic rings. The monoisotopic (exact) mass is 277 g/mol. The summed E-state index contributed by atoms with van der Waals surface area (Å²) >= 11 is 7.37. The fourth-order valence-corrected chi connectivity index (χ4v) is 2.46. The Bertz CT molecular complexity index is 403. The fraction of sp³-hybridized carbons (Fsp3) is 0.364. The Hall–Kier alpha value is -0.780. The van der Waals surface area contributed by atoms with Crippen molar-refractivity contribution in [3.05, 3.63) is 34.6 Å². The van der Waals surface area contributed by atoms with Crippen LogP contribution in [0, 0.1) is 5.82 Å². The molecule has 3 N–H and O–H groups in total. The van der Waals surface area contributed by atoms with Crippen LogP contribution in [-0.4, -0.2) is 22.9 Å². The van der Waals surface area contributed by atoms with Crippen LogP contribution in [-0.2, 0) is 10.5 Å². The Kier molecular flexibility index (Phi) is 5.74. The fourth-order valence-electron chi connectivity index (χ4n) is 1.17. The summed E-state index contributed by atoms with van der Waals surface area (Å²) in [7, 11) is 0. The van der Waals surface area contributed by atoms with Crippen molar-refractivity contribution in [2.75, 3.05) is 5.75 Å². The first-order valence-corrected chi connectivity index (χ1v) is 6.54. The molecule has 1 unspecified atom stereocenters. The zero-order valence-corrected chi connectivity index (χ0v) is 10.6. The van der Waals surface area contributed by atoms with E-state index in [1.54, 1.807) is 0 Å². The van der Waals surface area contributed by atoms with Crippen molar-refractivity contribution in [2.45, 2.75) is 18.2 Å². The van der Waals surface area contributed by atoms with Gasteiger partial charge in [0.1, 0.15) is 11.9 Å². The number of carboxylic acid groups (broad SMARTS) is 1. The number of hydrogen-bond acceptors (Lipinski definition) is 3. The van der Waals surface area contributed by atoms with Crippen LogP contribution in [0.25, 0.3) is 0 Å². The van der Waals surface area contributed by atoms with E-state index in [2.05, 4.69) is 0 Å². The number of hydrogen-bond donors (Lipinski definition) is 2. The van der Waals surface area contributed by atoms with Crippen LogP contribution in [0.4, 0.5) is 4.39 Å². The van der Waals surface area contributed by atoms with E-state index in [9.17, 15) is 9.18 Å². The van der Waals surface area contributed by atoms with Crippen LogP contribution in [0.1, 0.15) is 12.0 Å². The molecule has 0 aliphatic carbocycles. The molecular formula is C11H13ClFNO2S. The predicted molar refractivity (Wildman–Crippen MR) is 67.8 cm³/mol. The molecule has 1 rings (SSSR count). The standard InChI is InChI=1S/C11H13ClFNO2S/c12-9-2-1-8(13)5-7(9)6-17-4-3-10(14)11(15)16/h1-2,5,10H,3-4,6,14H2,(H,15,16). The van der Waals surface area contributed by atoms with E-state index in [4.69, 9.17) is 22.4 Å². The van der Waals surface area contributed by atoms with Crippen LogP contribution in [0.2, 0.25) is 5.02 Å². The van der Waals surface area contributed by atoms with Crippen LogP contribution >= 0.6 is 23.4 Å². The molecule has 0 radical (unpaired) electrons. The molecule has 3 nitrogen and oxygen atoms in total. The first-order valence-electron chi connectivity index (χ1n) is 5.00. The third kappa shape index (κ3) is 4.93. The molecule has 0 saturated heterocycles. The molecule has 6 heteroatoms. The van der Waals surface area contributed by atoms with Crippen molar-refractivity contribution in [3.8, 4) is 0 Å². The quantitative estimate of drug-likeness (QED) is 0.784. The lowest BCUT2D eigenvalue weighted by Gasteiger charge is -2.07. The van der Waals surface area contributed by atoms with Crippen molar-refractivity contribution in [3.63, 3.8) is 0 Å². The van der Waals surface area contributed by atoms with Gasteiger partial charge in [0.2, 0.25) is 0 Å². The molecule has 17 heavy (non-hydrogen) atoms. The molecule has 0 aliphatic heterocycles. The van der Waals surface area contributed by atoms with Gasteiger partial charge in [-0.2, -0.15) is 11.8 Å². The van der Waals surface area contributed by atoms with Crippen molar-refractivity contribution >= 4 is 29.3 Å². The summed E-state index contributed by atoms with van der Waals surface area (Å²) in [5.74, 6) is -0.190. The number of aliphatic carboxylic acids is 1. The molecule has 0 aliphatic rings. The smallest absolute Gasteiger partial charge is 0.320 e. The van der Waals surface area contributed by atoms with Gasteiger partial charge in [-0.05, 0) is 35.9 Å². The summed E-state index contributed by atoms with van der Waals surface area (Å²) in [5, 5.41) is 9.09. The normalized spacial score (nSPS) is 12.4. The molecule has 0 amide bonds. The topological polar surface area (TPSA) is 63.3 Å². The number of carboxylic acids is 1. The molecule has 94 valence electrons. The minimum atomic E-state index is -1.01. The minimum absolute atomic E-state index is 0.327. The summed E-state index contributed by atoms with van der Waals surface area (Å²) in [6, 6.07) is 3.35. The molecule has 0 spiro atoms. The second-order valence-electron chi connectivity index (χ2n) is 3.52. The maximum absolute atomic E-state index is 12.9. The van der Waals surface area contributed by atoms with E-state index in [1.165, 1.54) is 30.0 Å². The van der Waals surface area contributed by atoms with E-state index in [1.807, 2.05) is 0 Å². The van der Waals surface area contributed by atoms with E-state index in [0.717, 1.165) is 0 Å². The predicted octanol–water partition coefficient (Wildman–Crippen LogP) is 2.51. The largest absolute Gasteiger partial charge is 0.480 e. The SMILES string of the molecule is NC(CCSCc1cc(F)ccc1Cl)C(=O)O. The first-order chi connectivity index (χ1) is 8.00. The van der Waals surface area contributed by atoms with Gasteiger partial charge in [-0.25, -0.2) is 4.39 Å². The Morgan fingerprint density at radius 1 is 1.59 bits per heavy atom. The number of thioether (sulfide) groups is 1. The van der Waals surface area contributed by atoms with Gasteiger partial charge in [0.05, 0.1) is 0 Å². The maximum atomic E-state index is 12.9. The third-order valence-corrected chi connectivity index (χ3v) is 3.56. The van der Waals surface area contributed by atoms with Gasteiger partial charge in [0.25, 0.3) is 0 Å². The highest BCUT2D eigenvalue weighted by molar-refractivity contribution is 7.98. The summed E-state index contributed by atoms with van der Waals surface area (Å²) in [4.78, 5) is 10.5. The van der Waals surface area contributed by atoms with Crippen molar-refractivity contribution < 1.29 is 14.3 Å². The summed E-state index contributed by atoms with van der Waals surface area (Å²) in [6.45, 7) is 0. The molecular weight excluding hydrogens is 265 g/mol. The Balaban J connectivity index is 2.36. The zero-order chi connectivity index (χ0) is 12.8. The number of rotatable bonds is 6. The van der Waals surface area contributed by atoms with Crippen LogP contribution in [0.3, 0.4) is 0 Å². The summed E-state index contributed by atoms with van der Waals surface area (Å²) in [5.41, 5.74) is 6.06. The Morgan fingerprint density at radius 2 is 2.29 bits per heavy atom. The molecule has 0 bridgehead atoms. The van der Waals surface area contributed by atoms with Crippen LogP contribution < -0.4 is 5.73 Å². The lowest BCUT2D eigenvalue weighted by molar-refractivity contribution is -0.138. The average molecular weight is 278 g/mol. The van der Waals surface area contributed by atoms with Gasteiger partial charge in [-0.3, -0.25) is 4.79 Å². The zero-order valence-electron chi connectivity index (χ0n) is 9.03. The van der Waals surface area contributed by atoms with E-state index in [0.29, 0.717) is 28.5 Å². The van der Waals surface area contributed by atoms with E-state index >= 15 is 0 Å². The molecule has 1 aromatic carbocycles. The van der Waals surface area contributed by atoms with Crippen LogP contribution in [0.5, 0.6) is 0 Å². The summed E-state index contributed by atoms with van der Waals surface area (Å²) in [6.07, 6.45) is 0.382. The highest BCUT2D eigenvalue weighted by Crippen LogP contribution is 2.22. The highest BCUT2D eigenvalue weighted by Gasteiger charge is 2.10. The number of benzene rings is 1. The van der Waals surface area contributed by atoms with Gasteiger partial charge < -0.3 is 10.8 Å². The Morgan fingerprint density at radius 3 is 2.94 bits per heavy atom. The van der Waals surface area contributed by atoms with Gasteiger partial charge in [-0.1, -0.05) is 11.6 Å². The highest BCUT2D eigenvalue weighted by atomic mass is 35.5. The minimum Gasteiger partial charge on any atom is -0.480 e. The number of carbonyl (C=O) groups is 1. The molecule has 0 fully saturated rings. The molecule has 1 atom stereocenters. The number of nitrogens with two attached hydrogens (primary N) is 1. The molecule has 0 heterocycles. The third-order valence-electron chi connectivity index (χ3n) is 2.16. The Labute approximate surface area is 108 Å². The lowest BCUT2D eigenvalue weighted by atomic mass is 10.2.